The van der Waals surface area contributed by atoms with Gasteiger partial charge in [-0.05, 0) is 36.9 Å². The van der Waals surface area contributed by atoms with Crippen molar-refractivity contribution in [2.45, 2.75) is 39.4 Å². The molecule has 1 N–H and O–H groups in total. The molecule has 0 radical (unpaired) electrons. The lowest BCUT2D eigenvalue weighted by Gasteiger charge is -2.22. The zero-order chi connectivity index (χ0) is 15.1. The first kappa shape index (κ1) is 15.8. The van der Waals surface area contributed by atoms with Crippen molar-refractivity contribution in [1.82, 2.24) is 10.2 Å². The van der Waals surface area contributed by atoms with Gasteiger partial charge in [0.05, 0.1) is 25.9 Å². The van der Waals surface area contributed by atoms with E-state index >= 15 is 0 Å². The van der Waals surface area contributed by atoms with Crippen molar-refractivity contribution in [2.75, 3.05) is 6.54 Å². The van der Waals surface area contributed by atoms with Gasteiger partial charge >= 0.3 is 0 Å². The highest BCUT2D eigenvalue weighted by molar-refractivity contribution is 7.09. The van der Waals surface area contributed by atoms with Gasteiger partial charge in [0.2, 0.25) is 5.91 Å². The van der Waals surface area contributed by atoms with Crippen molar-refractivity contribution < 1.29 is 9.21 Å². The molecule has 2 heterocycles. The van der Waals surface area contributed by atoms with Crippen LogP contribution >= 0.6 is 11.3 Å². The topological polar surface area (TPSA) is 45.5 Å². The summed E-state index contributed by atoms with van der Waals surface area (Å²) in [7, 11) is 0. The minimum absolute atomic E-state index is 0.0973. The first-order valence-electron chi connectivity index (χ1n) is 7.25. The third kappa shape index (κ3) is 5.02. The number of carbonyl (C=O) groups excluding carboxylic acids is 1. The summed E-state index contributed by atoms with van der Waals surface area (Å²) >= 11 is 1.67. The second-order valence-corrected chi connectivity index (χ2v) is 6.13. The minimum atomic E-state index is 0.0973. The molecule has 2 rings (SSSR count). The van der Waals surface area contributed by atoms with Gasteiger partial charge in [-0.2, -0.15) is 0 Å². The van der Waals surface area contributed by atoms with E-state index in [1.165, 1.54) is 4.88 Å². The summed E-state index contributed by atoms with van der Waals surface area (Å²) in [5, 5.41) is 5.28. The van der Waals surface area contributed by atoms with Crippen LogP contribution in [0.1, 0.15) is 30.9 Å². The Kier molecular flexibility index (Phi) is 6.02. The van der Waals surface area contributed by atoms with Gasteiger partial charge in [0, 0.05) is 10.9 Å². The molecule has 1 unspecified atom stereocenters. The third-order valence-electron chi connectivity index (χ3n) is 3.42. The van der Waals surface area contributed by atoms with E-state index in [0.717, 1.165) is 12.2 Å². The predicted octanol–water partition coefficient (Wildman–Crippen LogP) is 3.26. The number of nitrogens with zero attached hydrogens (tertiary/aromatic N) is 1. The van der Waals surface area contributed by atoms with Crippen LogP contribution in [0, 0.1) is 0 Å². The van der Waals surface area contributed by atoms with Crippen LogP contribution in [-0.4, -0.2) is 23.4 Å². The van der Waals surface area contributed by atoms with E-state index < -0.39 is 0 Å². The van der Waals surface area contributed by atoms with Crippen molar-refractivity contribution in [1.29, 1.82) is 0 Å². The molecule has 0 aliphatic rings. The fourth-order valence-corrected chi connectivity index (χ4v) is 2.65. The highest BCUT2D eigenvalue weighted by Crippen LogP contribution is 2.15. The maximum Gasteiger partial charge on any atom is 0.237 e. The lowest BCUT2D eigenvalue weighted by molar-refractivity contribution is -0.131. The molecule has 0 aliphatic carbocycles. The number of hydrogen-bond donors (Lipinski definition) is 1. The summed E-state index contributed by atoms with van der Waals surface area (Å²) in [6.07, 6.45) is 2.65. The van der Waals surface area contributed by atoms with E-state index in [2.05, 4.69) is 25.2 Å². The predicted molar refractivity (Wildman–Crippen MR) is 85.0 cm³/mol. The number of furan rings is 1. The molecular weight excluding hydrogens is 284 g/mol. The number of rotatable bonds is 8. The number of amides is 1. The van der Waals surface area contributed by atoms with Gasteiger partial charge in [0.25, 0.3) is 0 Å². The summed E-state index contributed by atoms with van der Waals surface area (Å²) in [6, 6.07) is 8.15. The molecular formula is C16H22N2O2S. The number of carbonyl (C=O) groups is 1. The van der Waals surface area contributed by atoms with Crippen LogP contribution in [0.5, 0.6) is 0 Å². The van der Waals surface area contributed by atoms with Gasteiger partial charge in [-0.15, -0.1) is 11.3 Å². The fraction of sp³-hybridized carbons (Fsp3) is 0.438. The van der Waals surface area contributed by atoms with Gasteiger partial charge in [0.1, 0.15) is 5.76 Å². The van der Waals surface area contributed by atoms with Crippen LogP contribution < -0.4 is 5.32 Å². The first-order valence-corrected chi connectivity index (χ1v) is 8.13. The molecule has 5 heteroatoms. The Bertz CT molecular complexity index is 486. The van der Waals surface area contributed by atoms with Crippen LogP contribution in [0.3, 0.4) is 0 Å². The molecule has 2 aromatic heterocycles. The van der Waals surface area contributed by atoms with Crippen molar-refractivity contribution >= 4 is 17.2 Å². The van der Waals surface area contributed by atoms with Crippen LogP contribution in [-0.2, 0) is 17.9 Å². The largest absolute Gasteiger partial charge is 0.467 e. The molecule has 4 nitrogen and oxygen atoms in total. The van der Waals surface area contributed by atoms with E-state index in [0.29, 0.717) is 25.7 Å². The first-order chi connectivity index (χ1) is 10.2. The normalized spacial score (nSPS) is 12.3. The second-order valence-electron chi connectivity index (χ2n) is 5.10. The van der Waals surface area contributed by atoms with E-state index in [1.54, 1.807) is 17.6 Å². The summed E-state index contributed by atoms with van der Waals surface area (Å²) in [4.78, 5) is 15.5. The van der Waals surface area contributed by atoms with Gasteiger partial charge < -0.3 is 14.6 Å². The lowest BCUT2D eigenvalue weighted by Crippen LogP contribution is -2.40. The lowest BCUT2D eigenvalue weighted by atomic mass is 10.2. The maximum absolute atomic E-state index is 12.4. The Labute approximate surface area is 129 Å². The molecule has 114 valence electrons. The summed E-state index contributed by atoms with van der Waals surface area (Å²) < 4.78 is 5.37. The van der Waals surface area contributed by atoms with Gasteiger partial charge in [0.15, 0.2) is 0 Å². The molecule has 0 saturated carbocycles. The Hall–Kier alpha value is -1.59. The van der Waals surface area contributed by atoms with Gasteiger partial charge in [-0.3, -0.25) is 4.79 Å². The highest BCUT2D eigenvalue weighted by atomic mass is 32.1. The highest BCUT2D eigenvalue weighted by Gasteiger charge is 2.16. The molecule has 0 fully saturated rings. The zero-order valence-electron chi connectivity index (χ0n) is 12.5. The molecule has 0 saturated heterocycles. The van der Waals surface area contributed by atoms with Crippen molar-refractivity contribution in [2.24, 2.45) is 0 Å². The Morgan fingerprint density at radius 2 is 2.24 bits per heavy atom. The number of thiophene rings is 1. The number of hydrogen-bond acceptors (Lipinski definition) is 4. The quantitative estimate of drug-likeness (QED) is 0.814. The summed E-state index contributed by atoms with van der Waals surface area (Å²) in [5.41, 5.74) is 0. The summed E-state index contributed by atoms with van der Waals surface area (Å²) in [5.74, 6) is 0.906. The van der Waals surface area contributed by atoms with Crippen LogP contribution in [0.15, 0.2) is 40.3 Å². The van der Waals surface area contributed by atoms with Crippen molar-refractivity contribution in [3.8, 4) is 0 Å². The van der Waals surface area contributed by atoms with E-state index in [1.807, 2.05) is 28.5 Å². The van der Waals surface area contributed by atoms with Crippen LogP contribution in [0.25, 0.3) is 0 Å². The standard InChI is InChI=1S/C16H22N2O2S/c1-3-13(2)17-10-16(19)18(11-14-6-4-8-20-14)12-15-7-5-9-21-15/h4-9,13,17H,3,10-12H2,1-2H3. The van der Waals surface area contributed by atoms with Crippen LogP contribution in [0.2, 0.25) is 0 Å². The molecule has 0 aromatic carbocycles. The average molecular weight is 306 g/mol. The SMILES string of the molecule is CCC(C)NCC(=O)N(Cc1ccco1)Cc1cccs1. The fourth-order valence-electron chi connectivity index (χ4n) is 1.93. The Balaban J connectivity index is 1.98. The molecule has 21 heavy (non-hydrogen) atoms. The minimum Gasteiger partial charge on any atom is -0.467 e. The van der Waals surface area contributed by atoms with E-state index in [9.17, 15) is 4.79 Å². The molecule has 1 amide bonds. The van der Waals surface area contributed by atoms with Gasteiger partial charge in [-0.1, -0.05) is 13.0 Å². The molecule has 0 bridgehead atoms. The molecule has 2 aromatic rings. The number of nitrogens with one attached hydrogen (secondary N) is 1. The van der Waals surface area contributed by atoms with Crippen molar-refractivity contribution in [3.63, 3.8) is 0 Å². The second kappa shape index (κ2) is 8.00. The summed E-state index contributed by atoms with van der Waals surface area (Å²) in [6.45, 7) is 5.68. The maximum atomic E-state index is 12.4. The molecule has 1 atom stereocenters. The molecule has 0 spiro atoms. The Morgan fingerprint density at radius 3 is 2.86 bits per heavy atom. The van der Waals surface area contributed by atoms with Crippen molar-refractivity contribution in [3.05, 3.63) is 46.5 Å². The van der Waals surface area contributed by atoms with E-state index in [4.69, 9.17) is 4.42 Å². The smallest absolute Gasteiger partial charge is 0.237 e. The Morgan fingerprint density at radius 1 is 1.38 bits per heavy atom. The zero-order valence-corrected chi connectivity index (χ0v) is 13.4. The van der Waals surface area contributed by atoms with Crippen LogP contribution in [0.4, 0.5) is 0 Å². The van der Waals surface area contributed by atoms with E-state index in [-0.39, 0.29) is 5.91 Å². The monoisotopic (exact) mass is 306 g/mol. The average Bonchev–Trinajstić information content (AvgIpc) is 3.17. The van der Waals surface area contributed by atoms with Gasteiger partial charge in [-0.25, -0.2) is 0 Å². The third-order valence-corrected chi connectivity index (χ3v) is 4.28. The molecule has 0 aliphatic heterocycles.